The number of rotatable bonds is 3. The molecular weight excluding hydrogens is 234 g/mol. The molecule has 0 saturated carbocycles. The van der Waals surface area contributed by atoms with Crippen molar-refractivity contribution in [1.29, 1.82) is 0 Å². The van der Waals surface area contributed by atoms with Gasteiger partial charge in [0, 0.05) is 23.5 Å². The SMILES string of the molecule is CCc1c(-c2ccc(OC)cc2)cn2ccccc12. The van der Waals surface area contributed by atoms with Gasteiger partial charge in [-0.15, -0.1) is 0 Å². The molecule has 0 radical (unpaired) electrons. The van der Waals surface area contributed by atoms with E-state index in [1.807, 2.05) is 12.1 Å². The second kappa shape index (κ2) is 4.81. The van der Waals surface area contributed by atoms with E-state index in [0.29, 0.717) is 0 Å². The van der Waals surface area contributed by atoms with Gasteiger partial charge in [0.1, 0.15) is 5.75 Å². The normalized spacial score (nSPS) is 10.8. The monoisotopic (exact) mass is 251 g/mol. The number of aromatic nitrogens is 1. The number of methoxy groups -OCH3 is 1. The Morgan fingerprint density at radius 1 is 1.05 bits per heavy atom. The quantitative estimate of drug-likeness (QED) is 0.681. The number of nitrogens with zero attached hydrogens (tertiary/aromatic N) is 1. The lowest BCUT2D eigenvalue weighted by Gasteiger charge is -2.04. The number of aryl methyl sites for hydroxylation is 1. The van der Waals surface area contributed by atoms with Gasteiger partial charge in [-0.3, -0.25) is 0 Å². The van der Waals surface area contributed by atoms with E-state index in [4.69, 9.17) is 4.74 Å². The molecule has 0 N–H and O–H groups in total. The third kappa shape index (κ3) is 1.99. The Labute approximate surface area is 113 Å². The van der Waals surface area contributed by atoms with Crippen molar-refractivity contribution in [2.24, 2.45) is 0 Å². The van der Waals surface area contributed by atoms with Gasteiger partial charge in [0.25, 0.3) is 0 Å². The van der Waals surface area contributed by atoms with Gasteiger partial charge >= 0.3 is 0 Å². The number of ether oxygens (including phenoxy) is 1. The molecule has 0 saturated heterocycles. The van der Waals surface area contributed by atoms with Crippen LogP contribution in [0.25, 0.3) is 16.6 Å². The second-order valence-corrected chi connectivity index (χ2v) is 4.60. The molecule has 0 amide bonds. The minimum Gasteiger partial charge on any atom is -0.497 e. The minimum absolute atomic E-state index is 0.894. The van der Waals surface area contributed by atoms with Crippen LogP contribution >= 0.6 is 0 Å². The van der Waals surface area contributed by atoms with E-state index in [2.05, 4.69) is 54.0 Å². The summed E-state index contributed by atoms with van der Waals surface area (Å²) < 4.78 is 7.41. The summed E-state index contributed by atoms with van der Waals surface area (Å²) in [5.41, 5.74) is 5.22. The van der Waals surface area contributed by atoms with E-state index in [0.717, 1.165) is 12.2 Å². The molecule has 1 aromatic carbocycles. The topological polar surface area (TPSA) is 13.6 Å². The average molecular weight is 251 g/mol. The molecule has 2 heteroatoms. The van der Waals surface area contributed by atoms with E-state index in [1.165, 1.54) is 22.2 Å². The summed E-state index contributed by atoms with van der Waals surface area (Å²) in [6.07, 6.45) is 5.33. The maximum absolute atomic E-state index is 5.22. The number of pyridine rings is 1. The summed E-state index contributed by atoms with van der Waals surface area (Å²) in [7, 11) is 1.69. The zero-order valence-corrected chi connectivity index (χ0v) is 11.3. The molecule has 0 aliphatic carbocycles. The Balaban J connectivity index is 2.17. The van der Waals surface area contributed by atoms with Crippen molar-refractivity contribution in [2.75, 3.05) is 7.11 Å². The third-order valence-electron chi connectivity index (χ3n) is 3.55. The highest BCUT2D eigenvalue weighted by molar-refractivity contribution is 5.77. The number of hydrogen-bond donors (Lipinski definition) is 0. The molecule has 3 aromatic rings. The van der Waals surface area contributed by atoms with Crippen LogP contribution < -0.4 is 4.74 Å². The smallest absolute Gasteiger partial charge is 0.118 e. The van der Waals surface area contributed by atoms with Gasteiger partial charge in [-0.1, -0.05) is 25.1 Å². The van der Waals surface area contributed by atoms with Gasteiger partial charge in [0.05, 0.1) is 7.11 Å². The Morgan fingerprint density at radius 2 is 1.84 bits per heavy atom. The van der Waals surface area contributed by atoms with Gasteiger partial charge in [-0.05, 0) is 41.8 Å². The summed E-state index contributed by atoms with van der Waals surface area (Å²) in [5, 5.41) is 0. The Bertz CT molecular complexity index is 695. The van der Waals surface area contributed by atoms with Crippen LogP contribution in [0.5, 0.6) is 5.75 Å². The molecule has 2 heterocycles. The van der Waals surface area contributed by atoms with Crippen LogP contribution in [-0.2, 0) is 6.42 Å². The maximum Gasteiger partial charge on any atom is 0.118 e. The van der Waals surface area contributed by atoms with Gasteiger partial charge in [-0.25, -0.2) is 0 Å². The van der Waals surface area contributed by atoms with Crippen LogP contribution in [0.2, 0.25) is 0 Å². The first-order valence-corrected chi connectivity index (χ1v) is 6.56. The van der Waals surface area contributed by atoms with Crippen LogP contribution in [0.15, 0.2) is 54.9 Å². The lowest BCUT2D eigenvalue weighted by molar-refractivity contribution is 0.415. The molecule has 2 nitrogen and oxygen atoms in total. The number of benzene rings is 1. The Hall–Kier alpha value is -2.22. The molecule has 0 spiro atoms. The predicted octanol–water partition coefficient (Wildman–Crippen LogP) is 4.18. The molecule has 0 bridgehead atoms. The van der Waals surface area contributed by atoms with Gasteiger partial charge in [0.2, 0.25) is 0 Å². The maximum atomic E-state index is 5.22. The van der Waals surface area contributed by atoms with E-state index < -0.39 is 0 Å². The molecule has 3 rings (SSSR count). The van der Waals surface area contributed by atoms with Gasteiger partial charge in [0.15, 0.2) is 0 Å². The zero-order chi connectivity index (χ0) is 13.2. The fraction of sp³-hybridized carbons (Fsp3) is 0.176. The molecule has 0 atom stereocenters. The van der Waals surface area contributed by atoms with Crippen molar-refractivity contribution < 1.29 is 4.74 Å². The standard InChI is InChI=1S/C17H17NO/c1-3-15-16(12-18-11-5-4-6-17(15)18)13-7-9-14(19-2)10-8-13/h4-12H,3H2,1-2H3. The van der Waals surface area contributed by atoms with Gasteiger partial charge in [-0.2, -0.15) is 0 Å². The first-order valence-electron chi connectivity index (χ1n) is 6.56. The number of hydrogen-bond acceptors (Lipinski definition) is 1. The van der Waals surface area contributed by atoms with Gasteiger partial charge < -0.3 is 9.14 Å². The highest BCUT2D eigenvalue weighted by Crippen LogP contribution is 2.30. The van der Waals surface area contributed by atoms with Crippen molar-refractivity contribution in [3.05, 3.63) is 60.4 Å². The Morgan fingerprint density at radius 3 is 2.53 bits per heavy atom. The highest BCUT2D eigenvalue weighted by atomic mass is 16.5. The van der Waals surface area contributed by atoms with Crippen LogP contribution in [0.3, 0.4) is 0 Å². The largest absolute Gasteiger partial charge is 0.497 e. The fourth-order valence-electron chi connectivity index (χ4n) is 2.57. The van der Waals surface area contributed by atoms with Crippen molar-refractivity contribution >= 4 is 5.52 Å². The lowest BCUT2D eigenvalue weighted by atomic mass is 10.0. The lowest BCUT2D eigenvalue weighted by Crippen LogP contribution is -1.85. The summed E-state index contributed by atoms with van der Waals surface area (Å²) in [4.78, 5) is 0. The molecule has 0 fully saturated rings. The highest BCUT2D eigenvalue weighted by Gasteiger charge is 2.10. The zero-order valence-electron chi connectivity index (χ0n) is 11.3. The molecule has 0 aliphatic heterocycles. The van der Waals surface area contributed by atoms with Crippen molar-refractivity contribution in [3.8, 4) is 16.9 Å². The summed E-state index contributed by atoms with van der Waals surface area (Å²) in [5.74, 6) is 0.894. The molecule has 96 valence electrons. The Kier molecular flexibility index (Phi) is 3.00. The second-order valence-electron chi connectivity index (χ2n) is 4.60. The first-order chi connectivity index (χ1) is 9.33. The molecule has 0 aliphatic rings. The summed E-state index contributed by atoms with van der Waals surface area (Å²) in [6, 6.07) is 14.6. The first kappa shape index (κ1) is 11.8. The predicted molar refractivity (Wildman–Crippen MR) is 78.8 cm³/mol. The van der Waals surface area contributed by atoms with Crippen molar-refractivity contribution in [2.45, 2.75) is 13.3 Å². The van der Waals surface area contributed by atoms with Crippen LogP contribution in [-0.4, -0.2) is 11.5 Å². The number of fused-ring (bicyclic) bond motifs is 1. The fourth-order valence-corrected chi connectivity index (χ4v) is 2.57. The molecule has 19 heavy (non-hydrogen) atoms. The molecular formula is C17H17NO. The average Bonchev–Trinajstić information content (AvgIpc) is 2.85. The van der Waals surface area contributed by atoms with Crippen molar-refractivity contribution in [1.82, 2.24) is 4.40 Å². The molecule has 0 unspecified atom stereocenters. The minimum atomic E-state index is 0.894. The van der Waals surface area contributed by atoms with E-state index >= 15 is 0 Å². The molecule has 2 aromatic heterocycles. The van der Waals surface area contributed by atoms with Crippen LogP contribution in [0.4, 0.5) is 0 Å². The summed E-state index contributed by atoms with van der Waals surface area (Å²) >= 11 is 0. The summed E-state index contributed by atoms with van der Waals surface area (Å²) in [6.45, 7) is 2.20. The van der Waals surface area contributed by atoms with Crippen LogP contribution in [0, 0.1) is 0 Å². The third-order valence-corrected chi connectivity index (χ3v) is 3.55. The van der Waals surface area contributed by atoms with E-state index in [-0.39, 0.29) is 0 Å². The van der Waals surface area contributed by atoms with E-state index in [9.17, 15) is 0 Å². The van der Waals surface area contributed by atoms with E-state index in [1.54, 1.807) is 7.11 Å². The van der Waals surface area contributed by atoms with Crippen molar-refractivity contribution in [3.63, 3.8) is 0 Å². The van der Waals surface area contributed by atoms with Crippen LogP contribution in [0.1, 0.15) is 12.5 Å².